The largest absolute Gasteiger partial charge is 0.327 e. The van der Waals surface area contributed by atoms with E-state index >= 15 is 0 Å². The molecule has 1 saturated carbocycles. The molecule has 7 rings (SSSR count). The van der Waals surface area contributed by atoms with Gasteiger partial charge in [-0.2, -0.15) is 0 Å². The van der Waals surface area contributed by atoms with Gasteiger partial charge in [0.05, 0.1) is 28.0 Å². The minimum atomic E-state index is -0.983. The maximum atomic E-state index is 13.9. The zero-order valence-electron chi connectivity index (χ0n) is 19.4. The highest BCUT2D eigenvalue weighted by Crippen LogP contribution is 2.63. The van der Waals surface area contributed by atoms with Crippen molar-refractivity contribution in [3.8, 4) is 11.1 Å². The summed E-state index contributed by atoms with van der Waals surface area (Å²) in [5.74, 6) is -0.523. The molecule has 0 bridgehead atoms. The molecule has 5 aliphatic rings. The Morgan fingerprint density at radius 1 is 1.06 bits per heavy atom. The first-order valence-corrected chi connectivity index (χ1v) is 12.2. The molecule has 4 atom stereocenters. The number of hydrogen-bond acceptors (Lipinski definition) is 4. The highest BCUT2D eigenvalue weighted by molar-refractivity contribution is 6.29. The summed E-state index contributed by atoms with van der Waals surface area (Å²) in [5.41, 5.74) is 9.74. The molecule has 2 saturated heterocycles. The van der Waals surface area contributed by atoms with E-state index in [9.17, 15) is 14.8 Å². The van der Waals surface area contributed by atoms with Gasteiger partial charge in [-0.3, -0.25) is 14.8 Å². The van der Waals surface area contributed by atoms with Crippen molar-refractivity contribution in [1.29, 1.82) is 0 Å². The van der Waals surface area contributed by atoms with Crippen LogP contribution in [-0.2, 0) is 9.59 Å². The molecule has 6 nitrogen and oxygen atoms in total. The summed E-state index contributed by atoms with van der Waals surface area (Å²) in [6.45, 7) is 4.75. The van der Waals surface area contributed by atoms with Crippen LogP contribution < -0.4 is 5.73 Å². The first kappa shape index (κ1) is 20.2. The molecule has 1 amide bonds. The number of nitrogens with zero attached hydrogens (tertiary/aromatic N) is 2. The minimum Gasteiger partial charge on any atom is -0.327 e. The lowest BCUT2D eigenvalue weighted by Crippen LogP contribution is -2.49. The highest BCUT2D eigenvalue weighted by Gasteiger charge is 2.82. The monoisotopic (exact) mass is 454 g/mol. The molecule has 2 aliphatic carbocycles. The van der Waals surface area contributed by atoms with Gasteiger partial charge in [0.25, 0.3) is 5.69 Å². The molecule has 34 heavy (non-hydrogen) atoms. The SMILES string of the molecule is CC1(C)C2=[N+](O)c3c(cccc3-c3ccccc3)C2=C[C@H]2C(=O)N3CCCC34C(=O)[C@@]4(N)CC21. The van der Waals surface area contributed by atoms with Gasteiger partial charge >= 0.3 is 0 Å². The number of carbonyl (C=O) groups excluding carboxylic acids is 2. The van der Waals surface area contributed by atoms with Gasteiger partial charge in [-0.25, -0.2) is 0 Å². The van der Waals surface area contributed by atoms with Crippen LogP contribution in [0.4, 0.5) is 5.69 Å². The van der Waals surface area contributed by atoms with Crippen LogP contribution in [0.2, 0.25) is 0 Å². The number of amides is 1. The number of benzene rings is 2. The van der Waals surface area contributed by atoms with Crippen LogP contribution in [0.15, 0.2) is 54.6 Å². The molecule has 3 aliphatic heterocycles. The number of hydrogen-bond donors (Lipinski definition) is 2. The summed E-state index contributed by atoms with van der Waals surface area (Å²) in [4.78, 5) is 28.8. The number of rotatable bonds is 1. The predicted octanol–water partition coefficient (Wildman–Crippen LogP) is 3.54. The van der Waals surface area contributed by atoms with E-state index in [1.165, 1.54) is 4.74 Å². The van der Waals surface area contributed by atoms with Crippen LogP contribution in [0.5, 0.6) is 0 Å². The molecular formula is C28H28N3O3+. The van der Waals surface area contributed by atoms with E-state index in [2.05, 4.69) is 13.8 Å². The molecule has 1 spiro atoms. The zero-order valence-corrected chi connectivity index (χ0v) is 19.4. The maximum absolute atomic E-state index is 13.9. The Morgan fingerprint density at radius 2 is 1.79 bits per heavy atom. The van der Waals surface area contributed by atoms with Crippen LogP contribution in [-0.4, -0.2) is 49.9 Å². The van der Waals surface area contributed by atoms with Crippen molar-refractivity contribution >= 4 is 28.7 Å². The average molecular weight is 455 g/mol. The van der Waals surface area contributed by atoms with Gasteiger partial charge in [0.1, 0.15) is 11.1 Å². The van der Waals surface area contributed by atoms with Crippen molar-refractivity contribution in [2.75, 3.05) is 6.54 Å². The Labute approximate surface area is 198 Å². The Hall–Kier alpha value is -3.25. The third-order valence-corrected chi connectivity index (χ3v) is 9.34. The zero-order chi connectivity index (χ0) is 23.6. The van der Waals surface area contributed by atoms with E-state index in [-0.39, 0.29) is 23.5 Å². The summed E-state index contributed by atoms with van der Waals surface area (Å²) < 4.78 is 1.32. The Kier molecular flexibility index (Phi) is 3.59. The fourth-order valence-electron chi connectivity index (χ4n) is 7.62. The molecule has 172 valence electrons. The van der Waals surface area contributed by atoms with Crippen molar-refractivity contribution in [2.45, 2.75) is 44.2 Å². The number of allylic oxidation sites excluding steroid dienone is 1. The summed E-state index contributed by atoms with van der Waals surface area (Å²) >= 11 is 0. The number of fused-ring (bicyclic) bond motifs is 4. The fourth-order valence-corrected chi connectivity index (χ4v) is 7.62. The minimum absolute atomic E-state index is 0.0115. The molecule has 2 unspecified atom stereocenters. The molecule has 2 aromatic rings. The number of carbonyl (C=O) groups is 2. The van der Waals surface area contributed by atoms with Gasteiger partial charge in [0.2, 0.25) is 11.6 Å². The second kappa shape index (κ2) is 6.05. The molecule has 3 fully saturated rings. The maximum Gasteiger partial charge on any atom is 0.273 e. The summed E-state index contributed by atoms with van der Waals surface area (Å²) in [7, 11) is 0. The number of nitrogens with two attached hydrogens (primary N) is 1. The van der Waals surface area contributed by atoms with Crippen molar-refractivity contribution in [1.82, 2.24) is 4.90 Å². The van der Waals surface area contributed by atoms with Gasteiger partial charge in [0.15, 0.2) is 5.78 Å². The van der Waals surface area contributed by atoms with Crippen molar-refractivity contribution in [3.05, 3.63) is 60.2 Å². The number of para-hydroxylation sites is 1. The van der Waals surface area contributed by atoms with Crippen LogP contribution in [0.1, 0.15) is 38.7 Å². The fraction of sp³-hybridized carbons (Fsp3) is 0.393. The van der Waals surface area contributed by atoms with Crippen molar-refractivity contribution in [3.63, 3.8) is 0 Å². The molecule has 3 N–H and O–H groups in total. The van der Waals surface area contributed by atoms with E-state index in [0.717, 1.165) is 40.1 Å². The van der Waals surface area contributed by atoms with E-state index in [4.69, 9.17) is 5.73 Å². The predicted molar refractivity (Wildman–Crippen MR) is 128 cm³/mol. The van der Waals surface area contributed by atoms with Crippen molar-refractivity contribution in [2.24, 2.45) is 23.0 Å². The average Bonchev–Trinajstić information content (AvgIpc) is 3.17. The van der Waals surface area contributed by atoms with Gasteiger partial charge in [-0.05, 0) is 56.7 Å². The van der Waals surface area contributed by atoms with Crippen LogP contribution in [0, 0.1) is 17.3 Å². The highest BCUT2D eigenvalue weighted by atomic mass is 16.5. The normalized spacial score (nSPS) is 34.6. The van der Waals surface area contributed by atoms with E-state index in [0.29, 0.717) is 19.4 Å². The van der Waals surface area contributed by atoms with E-state index in [1.54, 1.807) is 4.90 Å². The third kappa shape index (κ3) is 2.06. The van der Waals surface area contributed by atoms with Crippen LogP contribution in [0.25, 0.3) is 16.7 Å². The van der Waals surface area contributed by atoms with Gasteiger partial charge in [-0.15, -0.1) is 0 Å². The molecule has 2 aromatic carbocycles. The smallest absolute Gasteiger partial charge is 0.273 e. The standard InChI is InChI=1S/C28H28N3O3/c1-26(2)21-15-27(29)25(33)28(27)12-7-13-30(28)24(32)20(21)14-19-18-11-6-10-17(16-8-4-3-5-9-16)22(18)31(34)23(19)26/h3-6,8-11,14,20-21,34H,7,12-13,15,29H2,1-2H3/q+1/t20-,21?,27+,28?/m1/s1. The lowest BCUT2D eigenvalue weighted by atomic mass is 9.60. The first-order chi connectivity index (χ1) is 16.2. The Bertz CT molecular complexity index is 1370. The second-order valence-electron chi connectivity index (χ2n) is 11.1. The molecule has 3 heterocycles. The van der Waals surface area contributed by atoms with E-state index < -0.39 is 16.5 Å². The number of ketones is 1. The van der Waals surface area contributed by atoms with Crippen LogP contribution >= 0.6 is 0 Å². The molecule has 0 radical (unpaired) electrons. The van der Waals surface area contributed by atoms with Crippen molar-refractivity contribution < 1.29 is 19.5 Å². The summed E-state index contributed by atoms with van der Waals surface area (Å²) in [6, 6.07) is 16.1. The lowest BCUT2D eigenvalue weighted by molar-refractivity contribution is -0.712. The first-order valence-electron chi connectivity index (χ1n) is 12.2. The molecular weight excluding hydrogens is 426 g/mol. The Morgan fingerprint density at radius 3 is 2.56 bits per heavy atom. The number of Topliss-reactive ketones (excluding diaryl/α,β-unsaturated/α-hetero) is 1. The summed E-state index contributed by atoms with van der Waals surface area (Å²) in [6.07, 6.45) is 3.98. The lowest BCUT2D eigenvalue weighted by Gasteiger charge is -2.39. The van der Waals surface area contributed by atoms with Gasteiger partial charge in [0, 0.05) is 11.3 Å². The quantitative estimate of drug-likeness (QED) is 0.510. The molecule has 6 heteroatoms. The molecule has 0 aromatic heterocycles. The topological polar surface area (TPSA) is 86.6 Å². The third-order valence-electron chi connectivity index (χ3n) is 9.34. The van der Waals surface area contributed by atoms with Gasteiger partial charge in [-0.1, -0.05) is 42.5 Å². The van der Waals surface area contributed by atoms with Gasteiger partial charge < -0.3 is 10.6 Å². The van der Waals surface area contributed by atoms with Crippen LogP contribution in [0.3, 0.4) is 0 Å². The Balaban J connectivity index is 1.45. The summed E-state index contributed by atoms with van der Waals surface area (Å²) in [5, 5.41) is 11.6. The second-order valence-corrected chi connectivity index (χ2v) is 11.1. The van der Waals surface area contributed by atoms with E-state index in [1.807, 2.05) is 54.6 Å².